The molecule has 1 amide bonds. The monoisotopic (exact) mass is 336 g/mol. The second-order valence-corrected chi connectivity index (χ2v) is 5.70. The summed E-state index contributed by atoms with van der Waals surface area (Å²) in [6.07, 6.45) is 1.03. The van der Waals surface area contributed by atoms with E-state index in [9.17, 15) is 19.7 Å². The number of nitro groups is 1. The summed E-state index contributed by atoms with van der Waals surface area (Å²) in [5, 5.41) is 20.4. The van der Waals surface area contributed by atoms with Crippen LogP contribution in [0.4, 0.5) is 5.69 Å². The van der Waals surface area contributed by atoms with Crippen molar-refractivity contribution in [2.45, 2.75) is 12.8 Å². The van der Waals surface area contributed by atoms with Crippen molar-refractivity contribution in [3.05, 3.63) is 27.8 Å². The number of likely N-dealkylation sites (tertiary alicyclic amines) is 1. The minimum atomic E-state index is -0.968. The summed E-state index contributed by atoms with van der Waals surface area (Å²) in [6.45, 7) is 0.987. The predicted molar refractivity (Wildman–Crippen MR) is 80.3 cm³/mol. The van der Waals surface area contributed by atoms with E-state index in [1.54, 1.807) is 0 Å². The number of piperidine rings is 1. The Morgan fingerprint density at radius 3 is 2.54 bits per heavy atom. The number of fused-ring (bicyclic) bond motifs is 1. The Hall–Kier alpha value is -2.84. The molecule has 128 valence electrons. The van der Waals surface area contributed by atoms with Crippen molar-refractivity contribution >= 4 is 17.6 Å². The van der Waals surface area contributed by atoms with Gasteiger partial charge < -0.3 is 19.5 Å². The molecule has 0 radical (unpaired) electrons. The summed E-state index contributed by atoms with van der Waals surface area (Å²) >= 11 is 0. The van der Waals surface area contributed by atoms with Crippen LogP contribution in [0, 0.1) is 16.0 Å². The van der Waals surface area contributed by atoms with Gasteiger partial charge in [0, 0.05) is 19.2 Å². The number of carbonyl (C=O) groups excluding carboxylic acids is 1. The van der Waals surface area contributed by atoms with E-state index in [-0.39, 0.29) is 35.9 Å². The molecule has 0 aromatic heterocycles. The number of carboxylic acids is 1. The lowest BCUT2D eigenvalue weighted by Crippen LogP contribution is -2.42. The minimum Gasteiger partial charge on any atom is -0.486 e. The second kappa shape index (κ2) is 6.34. The van der Waals surface area contributed by atoms with Gasteiger partial charge in [-0.2, -0.15) is 0 Å². The highest BCUT2D eigenvalue weighted by molar-refractivity contribution is 5.99. The molecule has 1 aromatic rings. The molecule has 0 aliphatic carbocycles. The van der Waals surface area contributed by atoms with Gasteiger partial charge in [0.05, 0.1) is 16.9 Å². The zero-order valence-electron chi connectivity index (χ0n) is 12.8. The van der Waals surface area contributed by atoms with Crippen LogP contribution >= 0.6 is 0 Å². The van der Waals surface area contributed by atoms with Crippen molar-refractivity contribution in [3.63, 3.8) is 0 Å². The van der Waals surface area contributed by atoms with E-state index in [4.69, 9.17) is 14.6 Å². The topological polar surface area (TPSA) is 119 Å². The van der Waals surface area contributed by atoms with Gasteiger partial charge in [0.25, 0.3) is 11.6 Å². The largest absolute Gasteiger partial charge is 0.486 e. The molecule has 1 saturated heterocycles. The Morgan fingerprint density at radius 1 is 1.25 bits per heavy atom. The predicted octanol–water partition coefficient (Wildman–Crippen LogP) is 1.30. The van der Waals surface area contributed by atoms with Gasteiger partial charge in [-0.1, -0.05) is 0 Å². The van der Waals surface area contributed by atoms with Gasteiger partial charge >= 0.3 is 5.97 Å². The number of aliphatic carboxylic acids is 1. The molecule has 9 nitrogen and oxygen atoms in total. The molecule has 9 heteroatoms. The average Bonchev–Trinajstić information content (AvgIpc) is 2.60. The molecule has 1 N–H and O–H groups in total. The summed E-state index contributed by atoms with van der Waals surface area (Å²) in [6, 6.07) is 2.49. The molecule has 0 spiro atoms. The fraction of sp³-hybridized carbons (Fsp3) is 0.467. The van der Waals surface area contributed by atoms with E-state index in [2.05, 4.69) is 0 Å². The van der Waals surface area contributed by atoms with Gasteiger partial charge in [-0.25, -0.2) is 0 Å². The second-order valence-electron chi connectivity index (χ2n) is 5.70. The fourth-order valence-electron chi connectivity index (χ4n) is 2.93. The SMILES string of the molecule is O=C(O)[C@H]1CCCN(C(=O)c2cc3c(cc2[N+](=O)[O-])OCCO3)C1. The van der Waals surface area contributed by atoms with Crippen molar-refractivity contribution < 1.29 is 29.1 Å². The molecule has 1 atom stereocenters. The van der Waals surface area contributed by atoms with Crippen LogP contribution < -0.4 is 9.47 Å². The zero-order valence-corrected chi connectivity index (χ0v) is 12.8. The maximum absolute atomic E-state index is 12.7. The number of benzene rings is 1. The van der Waals surface area contributed by atoms with Crippen molar-refractivity contribution in [2.24, 2.45) is 5.92 Å². The lowest BCUT2D eigenvalue weighted by molar-refractivity contribution is -0.385. The minimum absolute atomic E-state index is 0.0414. The van der Waals surface area contributed by atoms with Crippen LogP contribution in [0.25, 0.3) is 0 Å². The maximum atomic E-state index is 12.7. The van der Waals surface area contributed by atoms with Gasteiger partial charge in [0.15, 0.2) is 11.5 Å². The van der Waals surface area contributed by atoms with Gasteiger partial charge in [0.2, 0.25) is 0 Å². The first kappa shape index (κ1) is 16.0. The Morgan fingerprint density at radius 2 is 1.92 bits per heavy atom. The van der Waals surface area contributed by atoms with Crippen LogP contribution in [-0.4, -0.2) is 53.1 Å². The zero-order chi connectivity index (χ0) is 17.3. The number of hydrogen-bond donors (Lipinski definition) is 1. The summed E-state index contributed by atoms with van der Waals surface area (Å²) in [5.74, 6) is -1.68. The first-order valence-corrected chi connectivity index (χ1v) is 7.57. The first-order valence-electron chi connectivity index (χ1n) is 7.57. The molecule has 2 aliphatic heterocycles. The summed E-state index contributed by atoms with van der Waals surface area (Å²) in [7, 11) is 0. The van der Waals surface area contributed by atoms with Crippen molar-refractivity contribution in [2.75, 3.05) is 26.3 Å². The molecule has 2 heterocycles. The lowest BCUT2D eigenvalue weighted by Gasteiger charge is -2.31. The molecule has 2 aliphatic rings. The van der Waals surface area contributed by atoms with Crippen LogP contribution in [-0.2, 0) is 4.79 Å². The fourth-order valence-corrected chi connectivity index (χ4v) is 2.93. The van der Waals surface area contributed by atoms with Crippen LogP contribution in [0.3, 0.4) is 0 Å². The average molecular weight is 336 g/mol. The van der Waals surface area contributed by atoms with E-state index >= 15 is 0 Å². The van der Waals surface area contributed by atoms with Gasteiger partial charge in [-0.3, -0.25) is 19.7 Å². The number of nitro benzene ring substituents is 1. The molecular weight excluding hydrogens is 320 g/mol. The Labute approximate surface area is 136 Å². The molecule has 24 heavy (non-hydrogen) atoms. The van der Waals surface area contributed by atoms with E-state index < -0.39 is 22.7 Å². The summed E-state index contributed by atoms with van der Waals surface area (Å²) < 4.78 is 10.7. The van der Waals surface area contributed by atoms with Crippen molar-refractivity contribution in [1.82, 2.24) is 4.90 Å². The molecule has 3 rings (SSSR count). The summed E-state index contributed by atoms with van der Waals surface area (Å²) in [5.41, 5.74) is -0.489. The molecule has 1 fully saturated rings. The number of hydrogen-bond acceptors (Lipinski definition) is 6. The van der Waals surface area contributed by atoms with Crippen LogP contribution in [0.15, 0.2) is 12.1 Å². The molecule has 0 unspecified atom stereocenters. The number of carboxylic acid groups (broad SMARTS) is 1. The van der Waals surface area contributed by atoms with Gasteiger partial charge in [-0.05, 0) is 12.8 Å². The van der Waals surface area contributed by atoms with E-state index in [0.717, 1.165) is 0 Å². The maximum Gasteiger partial charge on any atom is 0.308 e. The number of amides is 1. The third-order valence-corrected chi connectivity index (χ3v) is 4.15. The smallest absolute Gasteiger partial charge is 0.308 e. The van der Waals surface area contributed by atoms with Crippen LogP contribution in [0.2, 0.25) is 0 Å². The Balaban J connectivity index is 1.93. The van der Waals surface area contributed by atoms with Crippen molar-refractivity contribution in [1.29, 1.82) is 0 Å². The number of nitrogens with zero attached hydrogens (tertiary/aromatic N) is 2. The highest BCUT2D eigenvalue weighted by Crippen LogP contribution is 2.37. The third-order valence-electron chi connectivity index (χ3n) is 4.15. The van der Waals surface area contributed by atoms with Crippen molar-refractivity contribution in [3.8, 4) is 11.5 Å². The van der Waals surface area contributed by atoms with E-state index in [0.29, 0.717) is 26.0 Å². The quantitative estimate of drug-likeness (QED) is 0.652. The Kier molecular flexibility index (Phi) is 4.24. The molecule has 1 aromatic carbocycles. The van der Waals surface area contributed by atoms with Gasteiger partial charge in [-0.15, -0.1) is 0 Å². The molecular formula is C15H16N2O7. The molecule has 0 saturated carbocycles. The highest BCUT2D eigenvalue weighted by Gasteiger charge is 2.33. The highest BCUT2D eigenvalue weighted by atomic mass is 16.6. The third kappa shape index (κ3) is 2.97. The molecule has 0 bridgehead atoms. The van der Waals surface area contributed by atoms with E-state index in [1.807, 2.05) is 0 Å². The lowest BCUT2D eigenvalue weighted by atomic mass is 9.97. The van der Waals surface area contributed by atoms with Gasteiger partial charge in [0.1, 0.15) is 18.8 Å². The Bertz CT molecular complexity index is 703. The standard InChI is InChI=1S/C15H16N2O7/c18-14(16-3-1-2-9(8-16)15(19)20)10-6-12-13(24-5-4-23-12)7-11(10)17(21)22/h6-7,9H,1-5,8H2,(H,19,20)/t9-/m0/s1. The van der Waals surface area contributed by atoms with Crippen LogP contribution in [0.1, 0.15) is 23.2 Å². The van der Waals surface area contributed by atoms with Crippen LogP contribution in [0.5, 0.6) is 11.5 Å². The first-order chi connectivity index (χ1) is 11.5. The van der Waals surface area contributed by atoms with E-state index in [1.165, 1.54) is 17.0 Å². The summed E-state index contributed by atoms with van der Waals surface area (Å²) in [4.78, 5) is 35.9. The number of ether oxygens (including phenoxy) is 2. The normalized spacial score (nSPS) is 19.7. The number of rotatable bonds is 3. The number of carbonyl (C=O) groups is 2.